The van der Waals surface area contributed by atoms with Gasteiger partial charge in [-0.15, -0.1) is 5.10 Å². The molecule has 23 heavy (non-hydrogen) atoms. The van der Waals surface area contributed by atoms with Crippen LogP contribution in [0.3, 0.4) is 0 Å². The van der Waals surface area contributed by atoms with Crippen molar-refractivity contribution >= 4 is 5.91 Å². The van der Waals surface area contributed by atoms with Crippen LogP contribution in [0.1, 0.15) is 28.7 Å². The van der Waals surface area contributed by atoms with Crippen molar-refractivity contribution in [2.45, 2.75) is 12.3 Å². The number of likely N-dealkylation sites (tertiary alicyclic amines) is 1. The molecule has 0 N–H and O–H groups in total. The Morgan fingerprint density at radius 2 is 2.13 bits per heavy atom. The topological polar surface area (TPSA) is 89.9 Å². The molecule has 1 atom stereocenters. The number of hydrogen-bond acceptors (Lipinski definition) is 6. The molecule has 1 aromatic carbocycles. The number of rotatable bonds is 3. The molecule has 0 radical (unpaired) electrons. The van der Waals surface area contributed by atoms with Crippen LogP contribution in [-0.2, 0) is 0 Å². The van der Waals surface area contributed by atoms with Gasteiger partial charge in [0, 0.05) is 19.0 Å². The summed E-state index contributed by atoms with van der Waals surface area (Å²) in [6.07, 6.45) is 3.63. The average molecular weight is 310 g/mol. The Hall–Kier alpha value is -3.03. The van der Waals surface area contributed by atoms with Gasteiger partial charge in [0.2, 0.25) is 6.39 Å². The quantitative estimate of drug-likeness (QED) is 0.724. The fourth-order valence-electron chi connectivity index (χ4n) is 2.72. The smallest absolute Gasteiger partial charge is 0.276 e. The minimum absolute atomic E-state index is 0.113. The minimum Gasteiger partial charge on any atom is -0.343 e. The maximum Gasteiger partial charge on any atom is 0.276 e. The Morgan fingerprint density at radius 1 is 1.26 bits per heavy atom. The zero-order valence-corrected chi connectivity index (χ0v) is 12.2. The first-order valence-corrected chi connectivity index (χ1v) is 7.34. The summed E-state index contributed by atoms with van der Waals surface area (Å²) >= 11 is 0. The third-order valence-corrected chi connectivity index (χ3v) is 3.92. The number of aromatic nitrogens is 5. The number of amides is 1. The Labute approximate surface area is 131 Å². The Balaban J connectivity index is 1.49. The molecule has 1 aliphatic rings. The van der Waals surface area contributed by atoms with E-state index in [4.69, 9.17) is 4.52 Å². The van der Waals surface area contributed by atoms with Crippen molar-refractivity contribution in [1.82, 2.24) is 30.0 Å². The van der Waals surface area contributed by atoms with E-state index in [2.05, 4.69) is 20.3 Å². The highest BCUT2D eigenvalue weighted by molar-refractivity contribution is 5.92. The predicted molar refractivity (Wildman–Crippen MR) is 78.9 cm³/mol. The number of benzene rings is 1. The van der Waals surface area contributed by atoms with Gasteiger partial charge in [-0.2, -0.15) is 14.9 Å². The molecule has 116 valence electrons. The van der Waals surface area contributed by atoms with Gasteiger partial charge in [-0.3, -0.25) is 4.79 Å². The van der Waals surface area contributed by atoms with Gasteiger partial charge in [0.05, 0.1) is 11.9 Å². The normalized spacial score (nSPS) is 17.6. The molecule has 0 aliphatic carbocycles. The first kappa shape index (κ1) is 13.6. The first-order chi connectivity index (χ1) is 11.3. The fraction of sp³-hybridized carbons (Fsp3) is 0.267. The largest absolute Gasteiger partial charge is 0.343 e. The van der Waals surface area contributed by atoms with Gasteiger partial charge in [-0.05, 0) is 18.6 Å². The van der Waals surface area contributed by atoms with Crippen LogP contribution in [0.15, 0.2) is 47.4 Å². The summed E-state index contributed by atoms with van der Waals surface area (Å²) in [6.45, 7) is 1.22. The third kappa shape index (κ3) is 2.59. The Bertz CT molecular complexity index is 799. The lowest BCUT2D eigenvalue weighted by Crippen LogP contribution is -2.29. The zero-order valence-electron chi connectivity index (χ0n) is 12.2. The van der Waals surface area contributed by atoms with Gasteiger partial charge in [-0.1, -0.05) is 23.4 Å². The molecule has 3 heterocycles. The molecule has 1 fully saturated rings. The average Bonchev–Trinajstić information content (AvgIpc) is 3.35. The van der Waals surface area contributed by atoms with E-state index in [1.165, 1.54) is 17.4 Å². The van der Waals surface area contributed by atoms with Gasteiger partial charge < -0.3 is 9.42 Å². The summed E-state index contributed by atoms with van der Waals surface area (Å²) in [5.41, 5.74) is 1.15. The summed E-state index contributed by atoms with van der Waals surface area (Å²) in [6, 6.07) is 9.49. The number of nitrogens with zero attached hydrogens (tertiary/aromatic N) is 6. The summed E-state index contributed by atoms with van der Waals surface area (Å²) in [4.78, 5) is 19.8. The number of para-hydroxylation sites is 1. The molecule has 1 saturated heterocycles. The van der Waals surface area contributed by atoms with E-state index in [-0.39, 0.29) is 11.8 Å². The number of hydrogen-bond donors (Lipinski definition) is 0. The van der Waals surface area contributed by atoms with Crippen LogP contribution in [0.2, 0.25) is 0 Å². The van der Waals surface area contributed by atoms with Crippen LogP contribution in [0, 0.1) is 0 Å². The lowest BCUT2D eigenvalue weighted by molar-refractivity contribution is 0.0784. The highest BCUT2D eigenvalue weighted by atomic mass is 16.5. The second-order valence-electron chi connectivity index (χ2n) is 5.38. The second kappa shape index (κ2) is 5.64. The maximum atomic E-state index is 12.6. The third-order valence-electron chi connectivity index (χ3n) is 3.92. The summed E-state index contributed by atoms with van der Waals surface area (Å²) in [5.74, 6) is 0.633. The van der Waals surface area contributed by atoms with Crippen LogP contribution in [0.4, 0.5) is 0 Å². The molecule has 8 nitrogen and oxygen atoms in total. The lowest BCUT2D eigenvalue weighted by atomic mass is 10.1. The SMILES string of the molecule is O=C(c1cnn(-c2ccccc2)n1)N1CC[C@H](c2ncon2)C1. The first-order valence-electron chi connectivity index (χ1n) is 7.34. The molecule has 0 unspecified atom stereocenters. The maximum absolute atomic E-state index is 12.6. The highest BCUT2D eigenvalue weighted by Crippen LogP contribution is 2.25. The summed E-state index contributed by atoms with van der Waals surface area (Å²) < 4.78 is 4.77. The Morgan fingerprint density at radius 3 is 2.91 bits per heavy atom. The highest BCUT2D eigenvalue weighted by Gasteiger charge is 2.31. The summed E-state index contributed by atoms with van der Waals surface area (Å²) in [5, 5.41) is 12.3. The Kier molecular flexibility index (Phi) is 3.34. The van der Waals surface area contributed by atoms with Crippen LogP contribution >= 0.6 is 0 Å². The monoisotopic (exact) mass is 310 g/mol. The van der Waals surface area contributed by atoms with Gasteiger partial charge in [0.15, 0.2) is 11.5 Å². The lowest BCUT2D eigenvalue weighted by Gasteiger charge is -2.13. The molecule has 2 aromatic heterocycles. The standard InChI is InChI=1S/C15H14N6O2/c22-15(20-7-6-11(9-20)14-16-10-23-19-14)13-8-17-21(18-13)12-4-2-1-3-5-12/h1-5,8,10-11H,6-7,9H2/t11-/m0/s1. The molecule has 1 aliphatic heterocycles. The van der Waals surface area contributed by atoms with Crippen molar-refractivity contribution in [2.24, 2.45) is 0 Å². The second-order valence-corrected chi connectivity index (χ2v) is 5.38. The van der Waals surface area contributed by atoms with Gasteiger partial charge >= 0.3 is 0 Å². The molecule has 0 spiro atoms. The van der Waals surface area contributed by atoms with Crippen molar-refractivity contribution in [2.75, 3.05) is 13.1 Å². The van der Waals surface area contributed by atoms with Crippen LogP contribution in [0.5, 0.6) is 0 Å². The molecule has 8 heteroatoms. The predicted octanol–water partition coefficient (Wildman–Crippen LogP) is 1.28. The molecule has 4 rings (SSSR count). The molecule has 3 aromatic rings. The van der Waals surface area contributed by atoms with E-state index in [0.717, 1.165) is 12.1 Å². The molecule has 0 bridgehead atoms. The van der Waals surface area contributed by atoms with Crippen LogP contribution < -0.4 is 0 Å². The van der Waals surface area contributed by atoms with E-state index in [1.54, 1.807) is 4.90 Å². The molecular formula is C15H14N6O2. The van der Waals surface area contributed by atoms with Crippen molar-refractivity contribution in [3.8, 4) is 5.69 Å². The van der Waals surface area contributed by atoms with E-state index in [1.807, 2.05) is 30.3 Å². The molecule has 1 amide bonds. The zero-order chi connectivity index (χ0) is 15.6. The van der Waals surface area contributed by atoms with Gasteiger partial charge in [-0.25, -0.2) is 0 Å². The van der Waals surface area contributed by atoms with Gasteiger partial charge in [0.1, 0.15) is 0 Å². The van der Waals surface area contributed by atoms with Crippen molar-refractivity contribution < 1.29 is 9.32 Å². The van der Waals surface area contributed by atoms with Crippen LogP contribution in [-0.4, -0.2) is 49.0 Å². The van der Waals surface area contributed by atoms with E-state index in [9.17, 15) is 4.79 Å². The molecule has 0 saturated carbocycles. The van der Waals surface area contributed by atoms with E-state index >= 15 is 0 Å². The summed E-state index contributed by atoms with van der Waals surface area (Å²) in [7, 11) is 0. The van der Waals surface area contributed by atoms with Crippen molar-refractivity contribution in [3.63, 3.8) is 0 Å². The minimum atomic E-state index is -0.127. The number of carbonyl (C=O) groups excluding carboxylic acids is 1. The molecular weight excluding hydrogens is 296 g/mol. The number of carbonyl (C=O) groups is 1. The van der Waals surface area contributed by atoms with Gasteiger partial charge in [0.25, 0.3) is 5.91 Å². The van der Waals surface area contributed by atoms with Crippen molar-refractivity contribution in [1.29, 1.82) is 0 Å². The van der Waals surface area contributed by atoms with E-state index in [0.29, 0.717) is 24.6 Å². The van der Waals surface area contributed by atoms with Crippen molar-refractivity contribution in [3.05, 3.63) is 54.4 Å². The fourth-order valence-corrected chi connectivity index (χ4v) is 2.72. The van der Waals surface area contributed by atoms with E-state index < -0.39 is 0 Å². The van der Waals surface area contributed by atoms with Crippen LogP contribution in [0.25, 0.3) is 5.69 Å².